The summed E-state index contributed by atoms with van der Waals surface area (Å²) in [6.45, 7) is 4.59. The predicted molar refractivity (Wildman–Crippen MR) is 74.8 cm³/mol. The lowest BCUT2D eigenvalue weighted by atomic mass is 10.1. The highest BCUT2D eigenvalue weighted by Gasteiger charge is 2.27. The van der Waals surface area contributed by atoms with Gasteiger partial charge in [-0.15, -0.1) is 0 Å². The third-order valence-electron chi connectivity index (χ3n) is 3.26. The maximum absolute atomic E-state index is 5.56. The number of hydrogen-bond acceptors (Lipinski definition) is 2. The van der Waals surface area contributed by atoms with Gasteiger partial charge in [-0.25, -0.2) is 0 Å². The van der Waals surface area contributed by atoms with Crippen LogP contribution in [0.4, 0.5) is 0 Å². The fraction of sp³-hybridized carbons (Fsp3) is 0.923. The number of unbranched alkanes of at least 4 members (excludes halogenated alkanes) is 4. The first-order valence-electron chi connectivity index (χ1n) is 6.76. The van der Waals surface area contributed by atoms with Crippen molar-refractivity contribution < 1.29 is 0 Å². The quantitative estimate of drug-likeness (QED) is 0.471. The highest BCUT2D eigenvalue weighted by atomic mass is 32.1. The van der Waals surface area contributed by atoms with Crippen LogP contribution >= 0.6 is 12.2 Å². The summed E-state index contributed by atoms with van der Waals surface area (Å²) >= 11 is 4.94. The average molecular weight is 242 g/mol. The topological polar surface area (TPSA) is 29.3 Å². The third-order valence-corrected chi connectivity index (χ3v) is 3.46. The molecular weight excluding hydrogens is 216 g/mol. The summed E-state index contributed by atoms with van der Waals surface area (Å²) in [5, 5.41) is 0. The highest BCUT2D eigenvalue weighted by Crippen LogP contribution is 2.27. The zero-order valence-electron chi connectivity index (χ0n) is 10.6. The van der Waals surface area contributed by atoms with Gasteiger partial charge in [-0.05, 0) is 25.8 Å². The van der Waals surface area contributed by atoms with Crippen molar-refractivity contribution in [3.63, 3.8) is 0 Å². The molecule has 0 aromatic carbocycles. The van der Waals surface area contributed by atoms with Gasteiger partial charge in [0.1, 0.15) is 0 Å². The summed E-state index contributed by atoms with van der Waals surface area (Å²) in [6.07, 6.45) is 10.5. The molecular formula is C13H26N2S. The highest BCUT2D eigenvalue weighted by molar-refractivity contribution is 7.80. The van der Waals surface area contributed by atoms with Crippen LogP contribution in [0.25, 0.3) is 0 Å². The maximum Gasteiger partial charge on any atom is 0.0740 e. The van der Waals surface area contributed by atoms with Crippen LogP contribution in [0.1, 0.15) is 58.3 Å². The summed E-state index contributed by atoms with van der Waals surface area (Å²) in [5.41, 5.74) is 5.56. The molecule has 0 aromatic heterocycles. The second-order valence-electron chi connectivity index (χ2n) is 4.90. The van der Waals surface area contributed by atoms with E-state index in [0.29, 0.717) is 4.99 Å². The van der Waals surface area contributed by atoms with Gasteiger partial charge in [-0.2, -0.15) is 0 Å². The molecule has 94 valence electrons. The predicted octanol–water partition coefficient (Wildman–Crippen LogP) is 3.10. The van der Waals surface area contributed by atoms with Crippen LogP contribution in [0.5, 0.6) is 0 Å². The van der Waals surface area contributed by atoms with Gasteiger partial charge in [0.15, 0.2) is 0 Å². The van der Waals surface area contributed by atoms with Crippen molar-refractivity contribution in [3.8, 4) is 0 Å². The van der Waals surface area contributed by atoms with Crippen LogP contribution in [-0.4, -0.2) is 29.0 Å². The van der Waals surface area contributed by atoms with E-state index in [1.54, 1.807) is 0 Å². The van der Waals surface area contributed by atoms with E-state index in [2.05, 4.69) is 11.8 Å². The molecule has 2 nitrogen and oxygen atoms in total. The van der Waals surface area contributed by atoms with Crippen molar-refractivity contribution in [2.45, 2.75) is 64.3 Å². The van der Waals surface area contributed by atoms with Crippen molar-refractivity contribution in [1.29, 1.82) is 0 Å². The fourth-order valence-corrected chi connectivity index (χ4v) is 2.18. The minimum atomic E-state index is 0.664. The number of rotatable bonds is 10. The molecule has 0 amide bonds. The van der Waals surface area contributed by atoms with E-state index in [9.17, 15) is 0 Å². The van der Waals surface area contributed by atoms with E-state index in [1.165, 1.54) is 51.5 Å². The molecule has 0 unspecified atom stereocenters. The van der Waals surface area contributed by atoms with Crippen molar-refractivity contribution in [1.82, 2.24) is 4.90 Å². The van der Waals surface area contributed by atoms with Gasteiger partial charge < -0.3 is 5.73 Å². The van der Waals surface area contributed by atoms with Crippen LogP contribution in [0.15, 0.2) is 0 Å². The largest absolute Gasteiger partial charge is 0.393 e. The Balaban J connectivity index is 2.06. The Labute approximate surface area is 106 Å². The SMILES string of the molecule is CCCCCCCN(CCC(N)=S)C1CC1. The molecule has 0 heterocycles. The molecule has 0 saturated heterocycles. The molecule has 0 aromatic rings. The van der Waals surface area contributed by atoms with Gasteiger partial charge >= 0.3 is 0 Å². The Bertz CT molecular complexity index is 202. The summed E-state index contributed by atoms with van der Waals surface area (Å²) in [4.78, 5) is 3.25. The Hall–Kier alpha value is -0.150. The van der Waals surface area contributed by atoms with Crippen LogP contribution in [0.2, 0.25) is 0 Å². The molecule has 3 heteroatoms. The minimum absolute atomic E-state index is 0.664. The van der Waals surface area contributed by atoms with Crippen LogP contribution in [-0.2, 0) is 0 Å². The van der Waals surface area contributed by atoms with E-state index in [4.69, 9.17) is 18.0 Å². The third kappa shape index (κ3) is 6.44. The number of nitrogens with zero attached hydrogens (tertiary/aromatic N) is 1. The molecule has 1 rings (SSSR count). The summed E-state index contributed by atoms with van der Waals surface area (Å²) < 4.78 is 0. The van der Waals surface area contributed by atoms with E-state index in [0.717, 1.165) is 19.0 Å². The van der Waals surface area contributed by atoms with E-state index in [1.807, 2.05) is 0 Å². The smallest absolute Gasteiger partial charge is 0.0740 e. The van der Waals surface area contributed by atoms with E-state index < -0.39 is 0 Å². The van der Waals surface area contributed by atoms with Gasteiger partial charge in [0.05, 0.1) is 4.99 Å². The summed E-state index contributed by atoms with van der Waals surface area (Å²) in [5.74, 6) is 0. The summed E-state index contributed by atoms with van der Waals surface area (Å²) in [7, 11) is 0. The van der Waals surface area contributed by atoms with Gasteiger partial charge in [0.2, 0.25) is 0 Å². The molecule has 16 heavy (non-hydrogen) atoms. The van der Waals surface area contributed by atoms with E-state index in [-0.39, 0.29) is 0 Å². The fourth-order valence-electron chi connectivity index (χ4n) is 2.09. The van der Waals surface area contributed by atoms with Gasteiger partial charge in [0.25, 0.3) is 0 Å². The molecule has 0 radical (unpaired) electrons. The number of thiocarbonyl (C=S) groups is 1. The van der Waals surface area contributed by atoms with Crippen molar-refractivity contribution in [2.75, 3.05) is 13.1 Å². The van der Waals surface area contributed by atoms with Crippen molar-refractivity contribution >= 4 is 17.2 Å². The first-order chi connectivity index (χ1) is 7.74. The van der Waals surface area contributed by atoms with Crippen LogP contribution in [0.3, 0.4) is 0 Å². The van der Waals surface area contributed by atoms with Crippen LogP contribution < -0.4 is 5.73 Å². The second-order valence-corrected chi connectivity index (χ2v) is 5.42. The zero-order valence-corrected chi connectivity index (χ0v) is 11.4. The second kappa shape index (κ2) is 8.02. The molecule has 1 saturated carbocycles. The first kappa shape index (κ1) is 13.9. The monoisotopic (exact) mass is 242 g/mol. The average Bonchev–Trinajstić information content (AvgIpc) is 3.05. The Morgan fingerprint density at radius 1 is 1.19 bits per heavy atom. The summed E-state index contributed by atoms with van der Waals surface area (Å²) in [6, 6.07) is 0.848. The lowest BCUT2D eigenvalue weighted by molar-refractivity contribution is 0.264. The molecule has 0 bridgehead atoms. The Morgan fingerprint density at radius 2 is 1.88 bits per heavy atom. The lowest BCUT2D eigenvalue weighted by Crippen LogP contribution is -2.30. The molecule has 0 aliphatic heterocycles. The van der Waals surface area contributed by atoms with Gasteiger partial charge in [-0.3, -0.25) is 4.90 Å². The number of hydrogen-bond donors (Lipinski definition) is 1. The lowest BCUT2D eigenvalue weighted by Gasteiger charge is -2.21. The van der Waals surface area contributed by atoms with E-state index >= 15 is 0 Å². The van der Waals surface area contributed by atoms with Crippen molar-refractivity contribution in [2.24, 2.45) is 5.73 Å². The van der Waals surface area contributed by atoms with Crippen LogP contribution in [0, 0.1) is 0 Å². The molecule has 1 fully saturated rings. The Morgan fingerprint density at radius 3 is 2.44 bits per heavy atom. The maximum atomic E-state index is 5.56. The van der Waals surface area contributed by atoms with Crippen molar-refractivity contribution in [3.05, 3.63) is 0 Å². The molecule has 1 aliphatic rings. The molecule has 1 aliphatic carbocycles. The zero-order chi connectivity index (χ0) is 11.8. The molecule has 0 spiro atoms. The normalized spacial score (nSPS) is 15.6. The molecule has 0 atom stereocenters. The standard InChI is InChI=1S/C13H26N2S/c1-2-3-4-5-6-10-15(12-7-8-12)11-9-13(14)16/h12H,2-11H2,1H3,(H2,14,16). The van der Waals surface area contributed by atoms with Gasteiger partial charge in [-0.1, -0.05) is 44.8 Å². The number of nitrogens with two attached hydrogens (primary N) is 1. The first-order valence-corrected chi connectivity index (χ1v) is 7.17. The minimum Gasteiger partial charge on any atom is -0.393 e. The molecule has 2 N–H and O–H groups in total. The van der Waals surface area contributed by atoms with Gasteiger partial charge in [0, 0.05) is 19.0 Å². The Kier molecular flexibility index (Phi) is 6.97.